The summed E-state index contributed by atoms with van der Waals surface area (Å²) in [5.41, 5.74) is 3.15. The third-order valence-electron chi connectivity index (χ3n) is 5.86. The van der Waals surface area contributed by atoms with Gasteiger partial charge in [-0.1, -0.05) is 18.2 Å². The lowest BCUT2D eigenvalue weighted by atomic mass is 9.86. The number of hydroxylamine groups is 3. The van der Waals surface area contributed by atoms with E-state index >= 15 is 0 Å². The van der Waals surface area contributed by atoms with Crippen molar-refractivity contribution in [3.63, 3.8) is 0 Å². The first-order chi connectivity index (χ1) is 13.9. The fraction of sp³-hybridized carbons (Fsp3) is 0.364. The van der Waals surface area contributed by atoms with Gasteiger partial charge in [0.2, 0.25) is 5.71 Å². The molecule has 1 fully saturated rings. The molecule has 6 nitrogen and oxygen atoms in total. The van der Waals surface area contributed by atoms with Gasteiger partial charge in [0.15, 0.2) is 0 Å². The molecular weight excluding hydrogens is 371 g/mol. The molecule has 1 atom stereocenters. The molecule has 1 spiro atoms. The Morgan fingerprint density at radius 2 is 1.79 bits per heavy atom. The first-order valence-corrected chi connectivity index (χ1v) is 9.85. The lowest BCUT2D eigenvalue weighted by molar-refractivity contribution is -0.568. The molecule has 1 saturated carbocycles. The normalized spacial score (nSPS) is 25.7. The van der Waals surface area contributed by atoms with Gasteiger partial charge in [-0.3, -0.25) is 5.43 Å². The maximum atomic E-state index is 13.7. The van der Waals surface area contributed by atoms with Gasteiger partial charge < -0.3 is 10.4 Å². The molecule has 0 radical (unpaired) electrons. The van der Waals surface area contributed by atoms with Crippen LogP contribution in [-0.4, -0.2) is 37.6 Å². The highest BCUT2D eigenvalue weighted by Gasteiger charge is 2.65. The third-order valence-corrected chi connectivity index (χ3v) is 5.86. The van der Waals surface area contributed by atoms with E-state index in [-0.39, 0.29) is 5.82 Å². The smallest absolute Gasteiger partial charge is 0.292 e. The quantitative estimate of drug-likeness (QED) is 0.460. The van der Waals surface area contributed by atoms with E-state index in [9.17, 15) is 14.8 Å². The molecule has 2 aromatic carbocycles. The van der Waals surface area contributed by atoms with Crippen molar-refractivity contribution < 1.29 is 14.3 Å². The molecule has 0 bridgehead atoms. The topological polar surface area (TPSA) is 73.9 Å². The Kier molecular flexibility index (Phi) is 4.88. The number of benzene rings is 2. The fourth-order valence-corrected chi connectivity index (χ4v) is 4.41. The summed E-state index contributed by atoms with van der Waals surface area (Å²) in [4.78, 5) is 0. The molecule has 1 aliphatic carbocycles. The molecule has 2 aliphatic rings. The number of rotatable bonds is 3. The van der Waals surface area contributed by atoms with Crippen LogP contribution in [0, 0.1) is 11.0 Å². The summed E-state index contributed by atoms with van der Waals surface area (Å²) in [5, 5.41) is 30.6. The molecule has 1 aliphatic heterocycles. The maximum Gasteiger partial charge on any atom is 0.292 e. The van der Waals surface area contributed by atoms with Crippen LogP contribution in [0.4, 0.5) is 10.1 Å². The SMILES string of the molecule is CC1(C)C(c2ccc(F)cc2)=[N+]([O-])[C@]2(CCCC/C2=N/Nc2ccccc2)N1O. The average molecular weight is 396 g/mol. The molecule has 0 unspecified atom stereocenters. The van der Waals surface area contributed by atoms with Gasteiger partial charge in [-0.05, 0) is 69.5 Å². The zero-order valence-corrected chi connectivity index (χ0v) is 16.6. The average Bonchev–Trinajstić information content (AvgIpc) is 2.87. The van der Waals surface area contributed by atoms with E-state index in [1.807, 2.05) is 30.3 Å². The lowest BCUT2D eigenvalue weighted by Crippen LogP contribution is -2.61. The maximum absolute atomic E-state index is 13.7. The second-order valence-electron chi connectivity index (χ2n) is 8.08. The number of hydrogen-bond acceptors (Lipinski definition) is 5. The van der Waals surface area contributed by atoms with Crippen LogP contribution in [0.1, 0.15) is 45.1 Å². The van der Waals surface area contributed by atoms with Crippen LogP contribution < -0.4 is 5.43 Å². The molecule has 1 heterocycles. The second kappa shape index (κ2) is 7.24. The molecule has 0 aromatic heterocycles. The number of halogens is 1. The van der Waals surface area contributed by atoms with E-state index in [4.69, 9.17) is 0 Å². The zero-order chi connectivity index (χ0) is 20.6. The van der Waals surface area contributed by atoms with Gasteiger partial charge in [-0.2, -0.15) is 9.84 Å². The summed E-state index contributed by atoms with van der Waals surface area (Å²) in [5.74, 6) is -0.370. The standard InChI is InChI=1S/C22H25FN4O2/c1-21(2)20(16-11-13-17(23)14-12-16)26(28)22(27(21)29)15-7-6-10-19(22)25-24-18-8-4-3-5-9-18/h3-5,8-9,11-14,24,29H,6-7,10,15H2,1-2H3/b25-19-/t22-/m1/s1. The van der Waals surface area contributed by atoms with Gasteiger partial charge in [-0.25, -0.2) is 4.39 Å². The van der Waals surface area contributed by atoms with Gasteiger partial charge >= 0.3 is 0 Å². The van der Waals surface area contributed by atoms with Crippen LogP contribution in [0.15, 0.2) is 59.7 Å². The fourth-order valence-electron chi connectivity index (χ4n) is 4.41. The number of hydrogen-bond donors (Lipinski definition) is 2. The van der Waals surface area contributed by atoms with Crippen LogP contribution >= 0.6 is 0 Å². The van der Waals surface area contributed by atoms with Crippen LogP contribution in [0.3, 0.4) is 0 Å². The Hall–Kier alpha value is -2.77. The van der Waals surface area contributed by atoms with Gasteiger partial charge in [0, 0.05) is 12.0 Å². The van der Waals surface area contributed by atoms with Crippen LogP contribution in [0.2, 0.25) is 0 Å². The van der Waals surface area contributed by atoms with Crippen molar-refractivity contribution in [2.75, 3.05) is 5.43 Å². The lowest BCUT2D eigenvalue weighted by Gasteiger charge is -2.38. The van der Waals surface area contributed by atoms with Crippen LogP contribution in [0.5, 0.6) is 0 Å². The van der Waals surface area contributed by atoms with Crippen molar-refractivity contribution in [1.29, 1.82) is 0 Å². The van der Waals surface area contributed by atoms with E-state index in [0.717, 1.165) is 28.3 Å². The van der Waals surface area contributed by atoms with Crippen molar-refractivity contribution in [3.05, 3.63) is 71.2 Å². The molecule has 29 heavy (non-hydrogen) atoms. The molecule has 2 N–H and O–H groups in total. The number of anilines is 1. The van der Waals surface area contributed by atoms with Gasteiger partial charge in [0.05, 0.1) is 5.69 Å². The summed E-state index contributed by atoms with van der Waals surface area (Å²) in [6, 6.07) is 15.3. The summed E-state index contributed by atoms with van der Waals surface area (Å²) in [6.45, 7) is 3.59. The van der Waals surface area contributed by atoms with E-state index in [0.29, 0.717) is 29.8 Å². The van der Waals surface area contributed by atoms with Gasteiger partial charge in [-0.15, -0.1) is 5.06 Å². The monoisotopic (exact) mass is 396 g/mol. The van der Waals surface area contributed by atoms with Crippen molar-refractivity contribution in [2.24, 2.45) is 5.10 Å². The van der Waals surface area contributed by atoms with Crippen molar-refractivity contribution >= 4 is 17.1 Å². The Balaban J connectivity index is 1.81. The molecule has 4 rings (SSSR count). The van der Waals surface area contributed by atoms with Gasteiger partial charge in [0.25, 0.3) is 5.66 Å². The zero-order valence-electron chi connectivity index (χ0n) is 16.6. The molecule has 2 aromatic rings. The number of para-hydroxylation sites is 1. The molecular formula is C22H25FN4O2. The number of hydrazone groups is 1. The van der Waals surface area contributed by atoms with Gasteiger partial charge in [0.1, 0.15) is 17.1 Å². The Labute approximate surface area is 169 Å². The number of nitrogens with zero attached hydrogens (tertiary/aromatic N) is 3. The number of nitrogens with one attached hydrogen (secondary N) is 1. The highest BCUT2D eigenvalue weighted by Crippen LogP contribution is 2.42. The highest BCUT2D eigenvalue weighted by atomic mass is 19.1. The van der Waals surface area contributed by atoms with E-state index in [1.165, 1.54) is 12.1 Å². The van der Waals surface area contributed by atoms with E-state index in [1.54, 1.807) is 26.0 Å². The predicted molar refractivity (Wildman–Crippen MR) is 111 cm³/mol. The van der Waals surface area contributed by atoms with E-state index < -0.39 is 11.2 Å². The first-order valence-electron chi connectivity index (χ1n) is 9.85. The summed E-state index contributed by atoms with van der Waals surface area (Å²) in [6.07, 6.45) is 2.75. The minimum atomic E-state index is -1.28. The van der Waals surface area contributed by atoms with Crippen LogP contribution in [-0.2, 0) is 0 Å². The van der Waals surface area contributed by atoms with Crippen molar-refractivity contribution in [1.82, 2.24) is 5.06 Å². The minimum Gasteiger partial charge on any atom is -0.622 e. The molecule has 0 amide bonds. The van der Waals surface area contributed by atoms with Crippen molar-refractivity contribution in [2.45, 2.75) is 50.7 Å². The largest absolute Gasteiger partial charge is 0.622 e. The molecule has 0 saturated heterocycles. The summed E-state index contributed by atoms with van der Waals surface area (Å²) < 4.78 is 14.3. The highest BCUT2D eigenvalue weighted by molar-refractivity contribution is 6.07. The second-order valence-corrected chi connectivity index (χ2v) is 8.08. The molecule has 152 valence electrons. The molecule has 7 heteroatoms. The predicted octanol–water partition coefficient (Wildman–Crippen LogP) is 4.35. The van der Waals surface area contributed by atoms with Crippen molar-refractivity contribution in [3.8, 4) is 0 Å². The third kappa shape index (κ3) is 3.10. The minimum absolute atomic E-state index is 0.370. The summed E-state index contributed by atoms with van der Waals surface area (Å²) in [7, 11) is 0. The Morgan fingerprint density at radius 3 is 2.48 bits per heavy atom. The first kappa shape index (κ1) is 19.5. The Morgan fingerprint density at radius 1 is 1.10 bits per heavy atom. The Bertz CT molecular complexity index is 957. The van der Waals surface area contributed by atoms with Crippen LogP contribution in [0.25, 0.3) is 0 Å². The van der Waals surface area contributed by atoms with E-state index in [2.05, 4.69) is 10.5 Å². The summed E-state index contributed by atoms with van der Waals surface area (Å²) >= 11 is 0.